The number of benzene rings is 2. The van der Waals surface area contributed by atoms with Gasteiger partial charge in [-0.05, 0) is 61.7 Å². The lowest BCUT2D eigenvalue weighted by Crippen LogP contribution is -2.35. The highest BCUT2D eigenvalue weighted by Crippen LogP contribution is 2.27. The number of carbonyl (C=O) groups is 1. The van der Waals surface area contributed by atoms with Gasteiger partial charge < -0.3 is 9.73 Å². The molecule has 4 rings (SSSR count). The van der Waals surface area contributed by atoms with Gasteiger partial charge in [-0.25, -0.2) is 8.42 Å². The summed E-state index contributed by atoms with van der Waals surface area (Å²) in [4.78, 5) is 12.9. The van der Waals surface area contributed by atoms with Crippen LogP contribution in [0, 0.1) is 6.92 Å². The van der Waals surface area contributed by atoms with Crippen molar-refractivity contribution in [1.29, 1.82) is 0 Å². The smallest absolute Gasteiger partial charge is 0.291 e. The van der Waals surface area contributed by atoms with E-state index in [0.29, 0.717) is 29.4 Å². The summed E-state index contributed by atoms with van der Waals surface area (Å²) in [5.41, 5.74) is 1.75. The number of sulfonamides is 1. The van der Waals surface area contributed by atoms with Crippen LogP contribution in [0.15, 0.2) is 51.8 Å². The number of fused-ring (bicyclic) bond motifs is 1. The number of carbonyl (C=O) groups excluding carboxylic acids is 1. The van der Waals surface area contributed by atoms with Gasteiger partial charge in [-0.3, -0.25) is 4.79 Å². The van der Waals surface area contributed by atoms with Gasteiger partial charge in [0.1, 0.15) is 5.58 Å². The molecule has 0 saturated carbocycles. The average Bonchev–Trinajstić information content (AvgIpc) is 3.13. The third kappa shape index (κ3) is 4.03. The van der Waals surface area contributed by atoms with Crippen LogP contribution in [0.1, 0.15) is 35.4 Å². The fourth-order valence-corrected chi connectivity index (χ4v) is 5.18. The zero-order valence-corrected chi connectivity index (χ0v) is 17.5. The Morgan fingerprint density at radius 3 is 2.59 bits per heavy atom. The van der Waals surface area contributed by atoms with Gasteiger partial charge in [-0.1, -0.05) is 24.1 Å². The van der Waals surface area contributed by atoms with Crippen LogP contribution < -0.4 is 5.32 Å². The molecule has 0 atom stereocenters. The molecule has 0 aliphatic carbocycles. The molecule has 0 bridgehead atoms. The Balaban J connectivity index is 1.61. The van der Waals surface area contributed by atoms with Gasteiger partial charge in [-0.15, -0.1) is 0 Å². The highest BCUT2D eigenvalue weighted by molar-refractivity contribution is 7.89. The van der Waals surface area contributed by atoms with Crippen molar-refractivity contribution in [2.45, 2.75) is 31.1 Å². The van der Waals surface area contributed by atoms with Crippen molar-refractivity contribution in [2.75, 3.05) is 18.4 Å². The number of hydrogen-bond acceptors (Lipinski definition) is 4. The Bertz CT molecular complexity index is 1180. The molecule has 152 valence electrons. The highest BCUT2D eigenvalue weighted by Gasteiger charge is 2.26. The van der Waals surface area contributed by atoms with Crippen molar-refractivity contribution in [3.63, 3.8) is 0 Å². The van der Waals surface area contributed by atoms with Crippen LogP contribution in [0.5, 0.6) is 0 Å². The van der Waals surface area contributed by atoms with E-state index in [0.717, 1.165) is 30.2 Å². The van der Waals surface area contributed by atoms with Crippen LogP contribution >= 0.6 is 11.6 Å². The minimum Gasteiger partial charge on any atom is -0.451 e. The second-order valence-corrected chi connectivity index (χ2v) is 9.56. The first kappa shape index (κ1) is 19.9. The first-order chi connectivity index (χ1) is 13.8. The lowest BCUT2D eigenvalue weighted by molar-refractivity contribution is 0.0998. The van der Waals surface area contributed by atoms with E-state index in [1.807, 2.05) is 6.92 Å². The largest absolute Gasteiger partial charge is 0.451 e. The van der Waals surface area contributed by atoms with Gasteiger partial charge in [0, 0.05) is 29.2 Å². The van der Waals surface area contributed by atoms with E-state index in [9.17, 15) is 13.2 Å². The predicted octanol–water partition coefficient (Wildman–Crippen LogP) is 4.82. The molecule has 1 aromatic heterocycles. The number of rotatable bonds is 4. The molecule has 8 heteroatoms. The summed E-state index contributed by atoms with van der Waals surface area (Å²) in [6, 6.07) is 11.5. The van der Waals surface area contributed by atoms with Gasteiger partial charge in [0.05, 0.1) is 4.90 Å². The van der Waals surface area contributed by atoms with Crippen LogP contribution in [0.25, 0.3) is 11.0 Å². The normalized spacial score (nSPS) is 15.5. The number of hydrogen-bond donors (Lipinski definition) is 1. The molecule has 1 fully saturated rings. The maximum Gasteiger partial charge on any atom is 0.291 e. The quantitative estimate of drug-likeness (QED) is 0.640. The fourth-order valence-electron chi connectivity index (χ4n) is 3.46. The molecule has 1 aliphatic rings. The van der Waals surface area contributed by atoms with Gasteiger partial charge in [0.25, 0.3) is 5.91 Å². The Kier molecular flexibility index (Phi) is 5.38. The van der Waals surface area contributed by atoms with Crippen molar-refractivity contribution in [3.05, 3.63) is 58.8 Å². The highest BCUT2D eigenvalue weighted by atomic mass is 35.5. The van der Waals surface area contributed by atoms with Crippen LogP contribution in [0.2, 0.25) is 5.02 Å². The summed E-state index contributed by atoms with van der Waals surface area (Å²) < 4.78 is 33.0. The molecule has 0 radical (unpaired) electrons. The molecule has 6 nitrogen and oxygen atoms in total. The molecule has 3 aromatic rings. The summed E-state index contributed by atoms with van der Waals surface area (Å²) in [5, 5.41) is 4.04. The van der Waals surface area contributed by atoms with E-state index in [4.69, 9.17) is 16.0 Å². The number of aryl methyl sites for hydroxylation is 1. The number of amides is 1. The Morgan fingerprint density at radius 2 is 1.83 bits per heavy atom. The molecule has 1 aliphatic heterocycles. The van der Waals surface area contributed by atoms with Gasteiger partial charge in [-0.2, -0.15) is 4.31 Å². The lowest BCUT2D eigenvalue weighted by Gasteiger charge is -2.26. The number of piperidine rings is 1. The Morgan fingerprint density at radius 1 is 1.07 bits per heavy atom. The number of furan rings is 1. The van der Waals surface area contributed by atoms with E-state index >= 15 is 0 Å². The Hall–Kier alpha value is -2.35. The zero-order valence-electron chi connectivity index (χ0n) is 15.9. The number of nitrogens with one attached hydrogen (secondary N) is 1. The van der Waals surface area contributed by atoms with Crippen molar-refractivity contribution in [3.8, 4) is 0 Å². The lowest BCUT2D eigenvalue weighted by atomic mass is 10.2. The van der Waals surface area contributed by atoms with Gasteiger partial charge >= 0.3 is 0 Å². The maximum absolute atomic E-state index is 12.9. The van der Waals surface area contributed by atoms with Crippen molar-refractivity contribution in [2.24, 2.45) is 0 Å². The summed E-state index contributed by atoms with van der Waals surface area (Å²) in [6.07, 6.45) is 2.78. The van der Waals surface area contributed by atoms with Gasteiger partial charge in [0.2, 0.25) is 10.0 Å². The van der Waals surface area contributed by atoms with E-state index in [-0.39, 0.29) is 10.7 Å². The Labute approximate surface area is 174 Å². The number of anilines is 1. The molecule has 1 amide bonds. The third-order valence-corrected chi connectivity index (χ3v) is 7.24. The van der Waals surface area contributed by atoms with Crippen LogP contribution in [0.4, 0.5) is 5.69 Å². The van der Waals surface area contributed by atoms with Crippen molar-refractivity contribution in [1.82, 2.24) is 4.31 Å². The van der Waals surface area contributed by atoms with Gasteiger partial charge in [0.15, 0.2) is 5.76 Å². The van der Waals surface area contributed by atoms with Crippen LogP contribution in [0.3, 0.4) is 0 Å². The molecular formula is C21H21ClN2O4S. The zero-order chi connectivity index (χ0) is 20.6. The molecule has 2 heterocycles. The maximum atomic E-state index is 12.9. The van der Waals surface area contributed by atoms with Crippen LogP contribution in [-0.4, -0.2) is 31.7 Å². The van der Waals surface area contributed by atoms with Crippen LogP contribution in [-0.2, 0) is 10.0 Å². The summed E-state index contributed by atoms with van der Waals surface area (Å²) in [7, 11) is -3.58. The number of nitrogens with zero attached hydrogens (tertiary/aromatic N) is 1. The minimum atomic E-state index is -3.58. The summed E-state index contributed by atoms with van der Waals surface area (Å²) in [6.45, 7) is 2.87. The van der Waals surface area contributed by atoms with E-state index in [2.05, 4.69) is 5.32 Å². The molecular weight excluding hydrogens is 412 g/mol. The first-order valence-corrected chi connectivity index (χ1v) is 11.3. The molecule has 1 N–H and O–H groups in total. The van der Waals surface area contributed by atoms with Crippen molar-refractivity contribution < 1.29 is 17.6 Å². The second kappa shape index (κ2) is 7.82. The predicted molar refractivity (Wildman–Crippen MR) is 113 cm³/mol. The molecule has 0 spiro atoms. The van der Waals surface area contributed by atoms with E-state index < -0.39 is 15.9 Å². The average molecular weight is 433 g/mol. The standard InChI is InChI=1S/C21H21ClN2O4S/c1-14-5-7-17(29(26,27)24-9-3-2-4-10-24)13-18(14)23-21(25)20-12-15-11-16(22)6-8-19(15)28-20/h5-8,11-13H,2-4,9-10H2,1H3,(H,23,25). The molecule has 1 saturated heterocycles. The summed E-state index contributed by atoms with van der Waals surface area (Å²) in [5.74, 6) is -0.320. The van der Waals surface area contributed by atoms with E-state index in [1.165, 1.54) is 10.4 Å². The third-order valence-electron chi connectivity index (χ3n) is 5.11. The topological polar surface area (TPSA) is 79.6 Å². The minimum absolute atomic E-state index is 0.131. The molecule has 0 unspecified atom stereocenters. The monoisotopic (exact) mass is 432 g/mol. The fraction of sp³-hybridized carbons (Fsp3) is 0.286. The van der Waals surface area contributed by atoms with E-state index in [1.54, 1.807) is 36.4 Å². The molecule has 29 heavy (non-hydrogen) atoms. The first-order valence-electron chi connectivity index (χ1n) is 9.46. The summed E-state index contributed by atoms with van der Waals surface area (Å²) >= 11 is 5.98. The number of halogens is 1. The SMILES string of the molecule is Cc1ccc(S(=O)(=O)N2CCCCC2)cc1NC(=O)c1cc2cc(Cl)ccc2o1. The molecule has 2 aromatic carbocycles. The van der Waals surface area contributed by atoms with Crippen molar-refractivity contribution >= 4 is 44.2 Å². The second-order valence-electron chi connectivity index (χ2n) is 7.19.